The Morgan fingerprint density at radius 1 is 0.955 bits per heavy atom. The van der Waals surface area contributed by atoms with Gasteiger partial charge in [-0.2, -0.15) is 0 Å². The van der Waals surface area contributed by atoms with Crippen LogP contribution in [0.3, 0.4) is 0 Å². The maximum Gasteiger partial charge on any atom is 0.342 e. The highest BCUT2D eigenvalue weighted by Crippen LogP contribution is 2.47. The van der Waals surface area contributed by atoms with Gasteiger partial charge in [-0.1, -0.05) is 36.4 Å². The fourth-order valence-corrected chi connectivity index (χ4v) is 5.68. The van der Waals surface area contributed by atoms with Crippen LogP contribution in [0.2, 0.25) is 0 Å². The molecule has 0 saturated carbocycles. The number of carbonyl (C=O) groups is 3. The molecule has 1 N–H and O–H groups in total. The molecule has 44 heavy (non-hydrogen) atoms. The quantitative estimate of drug-likeness (QED) is 0.240. The fourth-order valence-electron chi connectivity index (χ4n) is 5.68. The van der Waals surface area contributed by atoms with Crippen molar-refractivity contribution in [2.45, 2.75) is 70.3 Å². The van der Waals surface area contributed by atoms with E-state index in [4.69, 9.17) is 18.9 Å². The van der Waals surface area contributed by atoms with Gasteiger partial charge in [0.05, 0.1) is 26.2 Å². The summed E-state index contributed by atoms with van der Waals surface area (Å²) in [7, 11) is 1.64. The number of allylic oxidation sites excluding steroid dienone is 1. The number of rotatable bonds is 6. The number of phenolic OH excluding ortho intramolecular Hbond substituents is 1. The molecule has 0 aliphatic carbocycles. The Balaban J connectivity index is 1.39. The number of ketones is 1. The topological polar surface area (TPSA) is 108 Å². The Kier molecular flexibility index (Phi) is 10.00. The van der Waals surface area contributed by atoms with E-state index < -0.39 is 24.0 Å². The third kappa shape index (κ3) is 7.48. The van der Waals surface area contributed by atoms with Gasteiger partial charge < -0.3 is 24.1 Å². The molecule has 5 rings (SSSR count). The van der Waals surface area contributed by atoms with Crippen molar-refractivity contribution in [1.29, 1.82) is 0 Å². The van der Waals surface area contributed by atoms with Crippen LogP contribution in [-0.2, 0) is 20.7 Å². The van der Waals surface area contributed by atoms with E-state index in [0.29, 0.717) is 62.0 Å². The molecule has 0 amide bonds. The predicted octanol–water partition coefficient (Wildman–Crippen LogP) is 6.95. The molecule has 3 aromatic rings. The van der Waals surface area contributed by atoms with E-state index in [2.05, 4.69) is 0 Å². The summed E-state index contributed by atoms with van der Waals surface area (Å²) in [5.41, 5.74) is 2.73. The number of ether oxygens (including phenoxy) is 4. The van der Waals surface area contributed by atoms with Crippen molar-refractivity contribution >= 4 is 23.8 Å². The smallest absolute Gasteiger partial charge is 0.342 e. The second-order valence-electron chi connectivity index (χ2n) is 11.3. The van der Waals surface area contributed by atoms with Gasteiger partial charge in [0.2, 0.25) is 0 Å². The summed E-state index contributed by atoms with van der Waals surface area (Å²) in [4.78, 5) is 38.3. The molecule has 0 fully saturated rings. The average molecular weight is 599 g/mol. The number of phenols is 1. The summed E-state index contributed by atoms with van der Waals surface area (Å²) < 4.78 is 22.5. The average Bonchev–Trinajstić information content (AvgIpc) is 3.00. The Hall–Kier alpha value is -4.59. The molecule has 0 spiro atoms. The molecule has 8 heteroatoms. The zero-order chi connectivity index (χ0) is 31.1. The van der Waals surface area contributed by atoms with Gasteiger partial charge in [-0.3, -0.25) is 9.59 Å². The van der Waals surface area contributed by atoms with E-state index >= 15 is 0 Å². The Bertz CT molecular complexity index is 1520. The lowest BCUT2D eigenvalue weighted by molar-refractivity contribution is -0.135. The first-order valence-corrected chi connectivity index (χ1v) is 15.2. The summed E-state index contributed by atoms with van der Waals surface area (Å²) in [5.74, 6) is 0.0331. The Morgan fingerprint density at radius 2 is 1.68 bits per heavy atom. The highest BCUT2D eigenvalue weighted by Gasteiger charge is 2.35. The number of esters is 2. The van der Waals surface area contributed by atoms with Gasteiger partial charge in [-0.25, -0.2) is 4.79 Å². The number of hydrogen-bond acceptors (Lipinski definition) is 8. The lowest BCUT2D eigenvalue weighted by Gasteiger charge is -2.28. The third-order valence-electron chi connectivity index (χ3n) is 8.08. The SMILES string of the molecule is COc1ccc(CCOc2ccc(C3CC(=O)Oc4cc5c(c(O)c43)C(=O)O[C@@H](C)CCCC(=O)CCCC=C5)cc2)cc1. The Labute approximate surface area is 257 Å². The van der Waals surface area contributed by atoms with Crippen LogP contribution in [0.1, 0.15) is 90.4 Å². The number of fused-ring (bicyclic) bond motifs is 2. The highest BCUT2D eigenvalue weighted by atomic mass is 16.5. The molecule has 2 atom stereocenters. The van der Waals surface area contributed by atoms with E-state index in [1.54, 1.807) is 26.2 Å². The second kappa shape index (κ2) is 14.3. The summed E-state index contributed by atoms with van der Waals surface area (Å²) in [6.07, 6.45) is 7.33. The number of Topliss-reactive ketones (excluding diaryl/α,β-unsaturated/α-hetero) is 1. The summed E-state index contributed by atoms with van der Waals surface area (Å²) in [5, 5.41) is 11.6. The first kappa shape index (κ1) is 30.9. The van der Waals surface area contributed by atoms with Crippen LogP contribution in [-0.4, -0.2) is 42.6 Å². The van der Waals surface area contributed by atoms with Crippen LogP contribution in [0.5, 0.6) is 23.0 Å². The third-order valence-corrected chi connectivity index (χ3v) is 8.08. The van der Waals surface area contributed by atoms with Crippen LogP contribution in [0.15, 0.2) is 60.7 Å². The molecular weight excluding hydrogens is 560 g/mol. The number of carbonyl (C=O) groups excluding carboxylic acids is 3. The second-order valence-corrected chi connectivity index (χ2v) is 11.3. The molecule has 2 heterocycles. The zero-order valence-electron chi connectivity index (χ0n) is 25.2. The summed E-state index contributed by atoms with van der Waals surface area (Å²) in [6, 6.07) is 16.9. The highest BCUT2D eigenvalue weighted by molar-refractivity contribution is 5.98. The number of cyclic esters (lactones) is 1. The van der Waals surface area contributed by atoms with Gasteiger partial charge in [0.25, 0.3) is 0 Å². The number of hydrogen-bond donors (Lipinski definition) is 1. The Morgan fingerprint density at radius 3 is 2.43 bits per heavy atom. The minimum Gasteiger partial charge on any atom is -0.507 e. The van der Waals surface area contributed by atoms with E-state index in [0.717, 1.165) is 23.3 Å². The van der Waals surface area contributed by atoms with Gasteiger partial charge in [-0.15, -0.1) is 0 Å². The molecule has 0 saturated heterocycles. The van der Waals surface area contributed by atoms with Gasteiger partial charge in [0.15, 0.2) is 0 Å². The van der Waals surface area contributed by atoms with E-state index in [9.17, 15) is 19.5 Å². The lowest BCUT2D eigenvalue weighted by Crippen LogP contribution is -2.23. The van der Waals surface area contributed by atoms with Crippen LogP contribution in [0, 0.1) is 0 Å². The van der Waals surface area contributed by atoms with Crippen molar-refractivity contribution < 1.29 is 38.4 Å². The van der Waals surface area contributed by atoms with E-state index in [1.807, 2.05) is 54.6 Å². The molecule has 0 radical (unpaired) electrons. The van der Waals surface area contributed by atoms with Crippen molar-refractivity contribution in [3.05, 3.63) is 88.5 Å². The van der Waals surface area contributed by atoms with Crippen molar-refractivity contribution in [3.8, 4) is 23.0 Å². The first-order chi connectivity index (χ1) is 21.3. The minimum atomic E-state index is -0.655. The minimum absolute atomic E-state index is 0.00629. The van der Waals surface area contributed by atoms with E-state index in [1.165, 1.54) is 0 Å². The molecule has 1 unspecified atom stereocenters. The fraction of sp³-hybridized carbons (Fsp3) is 0.361. The summed E-state index contributed by atoms with van der Waals surface area (Å²) >= 11 is 0. The predicted molar refractivity (Wildman–Crippen MR) is 165 cm³/mol. The van der Waals surface area contributed by atoms with Crippen molar-refractivity contribution in [2.75, 3.05) is 13.7 Å². The number of methoxy groups -OCH3 is 1. The van der Waals surface area contributed by atoms with Crippen LogP contribution < -0.4 is 14.2 Å². The first-order valence-electron chi connectivity index (χ1n) is 15.2. The largest absolute Gasteiger partial charge is 0.507 e. The molecule has 3 aromatic carbocycles. The van der Waals surface area contributed by atoms with Crippen molar-refractivity contribution in [2.24, 2.45) is 0 Å². The molecular formula is C36H38O8. The molecule has 2 aliphatic rings. The molecule has 0 aromatic heterocycles. The normalized spacial score (nSPS) is 19.2. The standard InChI is InChI=1S/C36H38O8/c1-23-7-6-10-27(37)9-5-3-4-8-26-21-31-34(35(39)33(26)36(40)43-23)30(22-32(38)44-31)25-13-17-29(18-14-25)42-20-19-24-11-15-28(41-2)16-12-24/h4,8,11-18,21,23,30,39H,3,5-7,9-10,19-20,22H2,1-2H3/t23-,30?/m0/s1. The number of aromatic hydroxyl groups is 1. The molecule has 8 nitrogen and oxygen atoms in total. The van der Waals surface area contributed by atoms with Crippen LogP contribution in [0.25, 0.3) is 6.08 Å². The van der Waals surface area contributed by atoms with Crippen molar-refractivity contribution in [1.82, 2.24) is 0 Å². The molecule has 0 bridgehead atoms. The zero-order valence-corrected chi connectivity index (χ0v) is 25.2. The van der Waals surface area contributed by atoms with Crippen molar-refractivity contribution in [3.63, 3.8) is 0 Å². The van der Waals surface area contributed by atoms with Crippen LogP contribution in [0.4, 0.5) is 0 Å². The van der Waals surface area contributed by atoms with Gasteiger partial charge in [-0.05, 0) is 79.6 Å². The summed E-state index contributed by atoms with van der Waals surface area (Å²) in [6.45, 7) is 2.27. The maximum atomic E-state index is 13.4. The van der Waals surface area contributed by atoms with Gasteiger partial charge in [0.1, 0.15) is 34.3 Å². The van der Waals surface area contributed by atoms with Crippen LogP contribution >= 0.6 is 0 Å². The lowest BCUT2D eigenvalue weighted by atomic mass is 9.83. The number of benzene rings is 3. The van der Waals surface area contributed by atoms with Gasteiger partial charge in [0, 0.05) is 30.7 Å². The molecule has 2 aliphatic heterocycles. The molecule has 230 valence electrons. The van der Waals surface area contributed by atoms with Gasteiger partial charge >= 0.3 is 11.9 Å². The maximum absolute atomic E-state index is 13.4. The van der Waals surface area contributed by atoms with E-state index in [-0.39, 0.29) is 29.3 Å². The monoisotopic (exact) mass is 598 g/mol.